The van der Waals surface area contributed by atoms with E-state index in [1.54, 1.807) is 11.3 Å². The molecule has 0 saturated heterocycles. The predicted octanol–water partition coefficient (Wildman–Crippen LogP) is 2.90. The number of nitrogens with zero attached hydrogens (tertiary/aromatic N) is 1. The summed E-state index contributed by atoms with van der Waals surface area (Å²) >= 11 is 3.62. The average Bonchev–Trinajstić information content (AvgIpc) is 2.96. The molecular formula is C13H14N2S2. The quantitative estimate of drug-likeness (QED) is 0.924. The lowest BCUT2D eigenvalue weighted by molar-refractivity contribution is 0.575. The molecule has 2 nitrogen and oxygen atoms in total. The topological polar surface area (TPSA) is 38.9 Å². The minimum Gasteiger partial charge on any atom is -0.327 e. The lowest BCUT2D eigenvalue weighted by Crippen LogP contribution is -2.30. The van der Waals surface area contributed by atoms with Crippen molar-refractivity contribution in [3.63, 3.8) is 0 Å². The first-order valence-electron chi connectivity index (χ1n) is 5.69. The first-order valence-corrected chi connectivity index (χ1v) is 7.56. The number of aromatic nitrogens is 1. The molecular weight excluding hydrogens is 248 g/mol. The SMILES string of the molecule is NC(Cc1cncs1)C1CSc2ccccc21. The number of rotatable bonds is 3. The summed E-state index contributed by atoms with van der Waals surface area (Å²) in [6, 6.07) is 8.82. The molecule has 2 unspecified atom stereocenters. The fourth-order valence-corrected chi connectivity index (χ4v) is 4.27. The largest absolute Gasteiger partial charge is 0.327 e. The smallest absolute Gasteiger partial charge is 0.0794 e. The fraction of sp³-hybridized carbons (Fsp3) is 0.308. The molecule has 17 heavy (non-hydrogen) atoms. The van der Waals surface area contributed by atoms with Crippen LogP contribution in [0.3, 0.4) is 0 Å². The van der Waals surface area contributed by atoms with Crippen LogP contribution in [-0.4, -0.2) is 16.8 Å². The van der Waals surface area contributed by atoms with Crippen LogP contribution in [0.15, 0.2) is 40.9 Å². The van der Waals surface area contributed by atoms with Gasteiger partial charge in [-0.1, -0.05) is 18.2 Å². The van der Waals surface area contributed by atoms with Gasteiger partial charge in [0.15, 0.2) is 0 Å². The Morgan fingerprint density at radius 3 is 3.12 bits per heavy atom. The van der Waals surface area contributed by atoms with Crippen LogP contribution in [-0.2, 0) is 6.42 Å². The summed E-state index contributed by atoms with van der Waals surface area (Å²) in [7, 11) is 0. The van der Waals surface area contributed by atoms with Gasteiger partial charge in [0.2, 0.25) is 0 Å². The Bertz CT molecular complexity index is 496. The Morgan fingerprint density at radius 1 is 1.41 bits per heavy atom. The van der Waals surface area contributed by atoms with E-state index in [-0.39, 0.29) is 6.04 Å². The summed E-state index contributed by atoms with van der Waals surface area (Å²) in [4.78, 5) is 6.79. The van der Waals surface area contributed by atoms with Crippen LogP contribution in [0.4, 0.5) is 0 Å². The van der Waals surface area contributed by atoms with E-state index < -0.39 is 0 Å². The zero-order valence-corrected chi connectivity index (χ0v) is 11.0. The van der Waals surface area contributed by atoms with Gasteiger partial charge in [-0.05, 0) is 18.1 Å². The molecule has 1 aliphatic rings. The molecule has 0 spiro atoms. The summed E-state index contributed by atoms with van der Waals surface area (Å²) in [6.07, 6.45) is 2.86. The number of hydrogen-bond donors (Lipinski definition) is 1. The van der Waals surface area contributed by atoms with Crippen molar-refractivity contribution >= 4 is 23.1 Å². The lowest BCUT2D eigenvalue weighted by Gasteiger charge is -2.18. The standard InChI is InChI=1S/C13H14N2S2/c14-12(5-9-6-15-8-17-9)11-7-16-13-4-2-1-3-10(11)13/h1-4,6,8,11-12H,5,7,14H2. The summed E-state index contributed by atoms with van der Waals surface area (Å²) in [5.74, 6) is 1.59. The van der Waals surface area contributed by atoms with Crippen molar-refractivity contribution in [2.24, 2.45) is 5.73 Å². The number of hydrogen-bond acceptors (Lipinski definition) is 4. The summed E-state index contributed by atoms with van der Waals surface area (Å²) in [5, 5.41) is 0. The molecule has 2 aromatic rings. The van der Waals surface area contributed by atoms with Crippen LogP contribution in [0.5, 0.6) is 0 Å². The Kier molecular flexibility index (Phi) is 3.18. The van der Waals surface area contributed by atoms with E-state index in [0.29, 0.717) is 5.92 Å². The zero-order valence-electron chi connectivity index (χ0n) is 9.37. The van der Waals surface area contributed by atoms with Gasteiger partial charge in [-0.15, -0.1) is 23.1 Å². The Balaban J connectivity index is 1.78. The summed E-state index contributed by atoms with van der Waals surface area (Å²) in [5.41, 5.74) is 9.65. The first-order chi connectivity index (χ1) is 8.34. The molecule has 0 saturated carbocycles. The van der Waals surface area contributed by atoms with Crippen LogP contribution in [0.25, 0.3) is 0 Å². The average molecular weight is 262 g/mol. The van der Waals surface area contributed by atoms with Crippen molar-refractivity contribution in [1.82, 2.24) is 4.98 Å². The van der Waals surface area contributed by atoms with E-state index >= 15 is 0 Å². The van der Waals surface area contributed by atoms with Gasteiger partial charge in [-0.3, -0.25) is 4.98 Å². The first kappa shape index (κ1) is 11.3. The molecule has 0 fully saturated rings. The number of thiazole rings is 1. The maximum Gasteiger partial charge on any atom is 0.0794 e. The Labute approximate surface area is 109 Å². The van der Waals surface area contributed by atoms with E-state index in [0.717, 1.165) is 12.2 Å². The minimum absolute atomic E-state index is 0.201. The third-order valence-electron chi connectivity index (χ3n) is 3.17. The third-order valence-corrected chi connectivity index (χ3v) is 5.18. The minimum atomic E-state index is 0.201. The molecule has 1 aliphatic heterocycles. The van der Waals surface area contributed by atoms with Crippen LogP contribution in [0.2, 0.25) is 0 Å². The summed E-state index contributed by atoms with van der Waals surface area (Å²) < 4.78 is 0. The van der Waals surface area contributed by atoms with Gasteiger partial charge in [0.1, 0.15) is 0 Å². The monoisotopic (exact) mass is 262 g/mol. The molecule has 88 valence electrons. The second-order valence-corrected chi connectivity index (χ2v) is 6.32. The van der Waals surface area contributed by atoms with Crippen LogP contribution in [0.1, 0.15) is 16.4 Å². The highest BCUT2D eigenvalue weighted by molar-refractivity contribution is 7.99. The lowest BCUT2D eigenvalue weighted by atomic mass is 9.92. The van der Waals surface area contributed by atoms with Crippen molar-refractivity contribution in [1.29, 1.82) is 0 Å². The van der Waals surface area contributed by atoms with Crippen LogP contribution >= 0.6 is 23.1 Å². The van der Waals surface area contributed by atoms with E-state index in [9.17, 15) is 0 Å². The van der Waals surface area contributed by atoms with Gasteiger partial charge in [0, 0.05) is 33.7 Å². The van der Waals surface area contributed by atoms with Crippen molar-refractivity contribution < 1.29 is 0 Å². The van der Waals surface area contributed by atoms with Gasteiger partial charge in [-0.2, -0.15) is 0 Å². The Hall–Kier alpha value is -0.840. The number of nitrogens with two attached hydrogens (primary N) is 1. The fourth-order valence-electron chi connectivity index (χ4n) is 2.26. The predicted molar refractivity (Wildman–Crippen MR) is 73.7 cm³/mol. The van der Waals surface area contributed by atoms with Gasteiger partial charge in [0.25, 0.3) is 0 Å². The molecule has 2 atom stereocenters. The number of fused-ring (bicyclic) bond motifs is 1. The van der Waals surface area contributed by atoms with Crippen molar-refractivity contribution in [2.75, 3.05) is 5.75 Å². The molecule has 0 aliphatic carbocycles. The third kappa shape index (κ3) is 2.25. The highest BCUT2D eigenvalue weighted by atomic mass is 32.2. The maximum absolute atomic E-state index is 6.35. The van der Waals surface area contributed by atoms with Gasteiger partial charge >= 0.3 is 0 Å². The van der Waals surface area contributed by atoms with E-state index in [2.05, 4.69) is 29.2 Å². The second kappa shape index (κ2) is 4.80. The summed E-state index contributed by atoms with van der Waals surface area (Å²) in [6.45, 7) is 0. The number of benzene rings is 1. The number of thioether (sulfide) groups is 1. The van der Waals surface area contributed by atoms with Gasteiger partial charge < -0.3 is 5.73 Å². The molecule has 2 N–H and O–H groups in total. The van der Waals surface area contributed by atoms with Gasteiger partial charge in [0.05, 0.1) is 5.51 Å². The van der Waals surface area contributed by atoms with Crippen LogP contribution in [0, 0.1) is 0 Å². The van der Waals surface area contributed by atoms with E-state index in [1.165, 1.54) is 15.3 Å². The molecule has 0 radical (unpaired) electrons. The van der Waals surface area contributed by atoms with Crippen molar-refractivity contribution in [3.05, 3.63) is 46.4 Å². The molecule has 4 heteroatoms. The second-order valence-electron chi connectivity index (χ2n) is 4.29. The highest BCUT2D eigenvalue weighted by Gasteiger charge is 2.28. The zero-order chi connectivity index (χ0) is 11.7. The molecule has 0 amide bonds. The molecule has 1 aromatic heterocycles. The van der Waals surface area contributed by atoms with Crippen LogP contribution < -0.4 is 5.73 Å². The van der Waals surface area contributed by atoms with E-state index in [1.807, 2.05) is 23.5 Å². The molecule has 2 heterocycles. The van der Waals surface area contributed by atoms with Crippen molar-refractivity contribution in [2.45, 2.75) is 23.3 Å². The molecule has 1 aromatic carbocycles. The highest BCUT2D eigenvalue weighted by Crippen LogP contribution is 2.41. The van der Waals surface area contributed by atoms with Crippen molar-refractivity contribution in [3.8, 4) is 0 Å². The Morgan fingerprint density at radius 2 is 2.29 bits per heavy atom. The van der Waals surface area contributed by atoms with Gasteiger partial charge in [-0.25, -0.2) is 0 Å². The maximum atomic E-state index is 6.35. The van der Waals surface area contributed by atoms with E-state index in [4.69, 9.17) is 5.73 Å². The normalized spacial score (nSPS) is 20.2. The molecule has 0 bridgehead atoms. The molecule has 3 rings (SSSR count).